The number of aromatic nitrogens is 2. The molecule has 12 heavy (non-hydrogen) atoms. The molecule has 0 saturated carbocycles. The minimum Gasteiger partial charge on any atom is -0.437 e. The molecular weight excluding hydrogens is 162 g/mol. The molecule has 0 unspecified atom stereocenters. The first kappa shape index (κ1) is 8.25. The summed E-state index contributed by atoms with van der Waals surface area (Å²) in [5, 5.41) is 0. The van der Waals surface area contributed by atoms with Crippen molar-refractivity contribution in [3.05, 3.63) is 12.4 Å². The van der Waals surface area contributed by atoms with Crippen LogP contribution in [0.25, 0.3) is 0 Å². The van der Waals surface area contributed by atoms with Gasteiger partial charge >= 0.3 is 6.16 Å². The summed E-state index contributed by atoms with van der Waals surface area (Å²) in [5.41, 5.74) is 5.32. The molecule has 1 aromatic heterocycles. The van der Waals surface area contributed by atoms with E-state index in [1.54, 1.807) is 0 Å². The van der Waals surface area contributed by atoms with Crippen LogP contribution in [0.15, 0.2) is 12.4 Å². The van der Waals surface area contributed by atoms with Crippen LogP contribution in [0.5, 0.6) is 5.88 Å². The number of methoxy groups -OCH3 is 1. The van der Waals surface area contributed by atoms with Crippen molar-refractivity contribution < 1.29 is 14.3 Å². The molecule has 0 saturated heterocycles. The van der Waals surface area contributed by atoms with E-state index in [0.29, 0.717) is 0 Å². The van der Waals surface area contributed by atoms with E-state index in [0.717, 1.165) is 0 Å². The molecule has 0 fully saturated rings. The summed E-state index contributed by atoms with van der Waals surface area (Å²) in [4.78, 5) is 17.9. The third-order valence-electron chi connectivity index (χ3n) is 1.04. The standard InChI is InChI=1S/C6H7N3O3/c1-11-6(10)12-5-4(7)8-2-3-9-5/h2-3H,1H3,(H2,7,8). The molecule has 0 bridgehead atoms. The van der Waals surface area contributed by atoms with Crippen LogP contribution in [0.2, 0.25) is 0 Å². The fourth-order valence-corrected chi connectivity index (χ4v) is 0.535. The topological polar surface area (TPSA) is 87.3 Å². The number of carbonyl (C=O) groups excluding carboxylic acids is 1. The summed E-state index contributed by atoms with van der Waals surface area (Å²) in [6.07, 6.45) is 1.87. The largest absolute Gasteiger partial charge is 0.515 e. The second kappa shape index (κ2) is 3.51. The van der Waals surface area contributed by atoms with Gasteiger partial charge in [-0.05, 0) is 0 Å². The molecule has 0 spiro atoms. The Morgan fingerprint density at radius 1 is 1.50 bits per heavy atom. The van der Waals surface area contributed by atoms with Crippen molar-refractivity contribution in [3.8, 4) is 5.88 Å². The Morgan fingerprint density at radius 3 is 2.75 bits per heavy atom. The molecule has 1 heterocycles. The molecule has 1 rings (SSSR count). The Balaban J connectivity index is 2.75. The zero-order chi connectivity index (χ0) is 8.97. The lowest BCUT2D eigenvalue weighted by molar-refractivity contribution is 0.120. The van der Waals surface area contributed by atoms with E-state index in [1.165, 1.54) is 19.5 Å². The van der Waals surface area contributed by atoms with Gasteiger partial charge in [-0.1, -0.05) is 0 Å². The van der Waals surface area contributed by atoms with E-state index in [-0.39, 0.29) is 11.7 Å². The maximum atomic E-state index is 10.6. The fraction of sp³-hybridized carbons (Fsp3) is 0.167. The molecule has 6 nitrogen and oxygen atoms in total. The van der Waals surface area contributed by atoms with Crippen molar-refractivity contribution in [2.75, 3.05) is 12.8 Å². The molecular formula is C6H7N3O3. The molecule has 6 heteroatoms. The molecule has 0 aliphatic carbocycles. The Hall–Kier alpha value is -1.85. The van der Waals surface area contributed by atoms with Gasteiger partial charge in [-0.3, -0.25) is 0 Å². The van der Waals surface area contributed by atoms with Crippen molar-refractivity contribution in [1.29, 1.82) is 0 Å². The minimum atomic E-state index is -0.873. The highest BCUT2D eigenvalue weighted by atomic mass is 16.7. The first-order chi connectivity index (χ1) is 5.74. The van der Waals surface area contributed by atoms with Crippen LogP contribution in [-0.4, -0.2) is 23.2 Å². The third kappa shape index (κ3) is 1.82. The number of anilines is 1. The molecule has 64 valence electrons. The summed E-state index contributed by atoms with van der Waals surface area (Å²) in [6, 6.07) is 0. The van der Waals surface area contributed by atoms with Crippen LogP contribution < -0.4 is 10.5 Å². The van der Waals surface area contributed by atoms with Crippen molar-refractivity contribution in [1.82, 2.24) is 9.97 Å². The minimum absolute atomic E-state index is 0.0444. The number of nitrogens with two attached hydrogens (primary N) is 1. The van der Waals surface area contributed by atoms with Crippen LogP contribution >= 0.6 is 0 Å². The summed E-state index contributed by atoms with van der Waals surface area (Å²) < 4.78 is 8.76. The first-order valence-corrected chi connectivity index (χ1v) is 3.06. The zero-order valence-electron chi connectivity index (χ0n) is 6.35. The van der Waals surface area contributed by atoms with E-state index >= 15 is 0 Å². The molecule has 0 aliphatic heterocycles. The molecule has 2 N–H and O–H groups in total. The van der Waals surface area contributed by atoms with Gasteiger partial charge in [0.25, 0.3) is 5.88 Å². The molecule has 0 aromatic carbocycles. The van der Waals surface area contributed by atoms with Crippen molar-refractivity contribution in [2.45, 2.75) is 0 Å². The predicted octanol–water partition coefficient (Wildman–Crippen LogP) is 0.204. The van der Waals surface area contributed by atoms with Crippen molar-refractivity contribution in [3.63, 3.8) is 0 Å². The fourth-order valence-electron chi connectivity index (χ4n) is 0.535. The molecule has 0 aliphatic rings. The van der Waals surface area contributed by atoms with Gasteiger partial charge in [-0.15, -0.1) is 0 Å². The molecule has 0 amide bonds. The van der Waals surface area contributed by atoms with Crippen molar-refractivity contribution >= 4 is 12.0 Å². The van der Waals surface area contributed by atoms with Crippen LogP contribution in [-0.2, 0) is 4.74 Å². The Kier molecular flexibility index (Phi) is 2.42. The maximum absolute atomic E-state index is 10.6. The molecule has 1 aromatic rings. The van der Waals surface area contributed by atoms with E-state index in [2.05, 4.69) is 19.4 Å². The van der Waals surface area contributed by atoms with E-state index in [1.807, 2.05) is 0 Å². The van der Waals surface area contributed by atoms with E-state index in [4.69, 9.17) is 5.73 Å². The smallest absolute Gasteiger partial charge is 0.437 e. The van der Waals surface area contributed by atoms with Crippen molar-refractivity contribution in [2.24, 2.45) is 0 Å². The lowest BCUT2D eigenvalue weighted by Gasteiger charge is -2.01. The Labute approximate surface area is 68.3 Å². The second-order valence-corrected chi connectivity index (χ2v) is 1.80. The summed E-state index contributed by atoms with van der Waals surface area (Å²) in [5.74, 6) is -0.00718. The highest BCUT2D eigenvalue weighted by molar-refractivity contribution is 5.64. The normalized spacial score (nSPS) is 9.08. The monoisotopic (exact) mass is 169 g/mol. The van der Waals surface area contributed by atoms with E-state index < -0.39 is 6.16 Å². The Bertz CT molecular complexity index is 289. The maximum Gasteiger partial charge on any atom is 0.515 e. The molecule has 0 atom stereocenters. The van der Waals surface area contributed by atoms with Crippen LogP contribution in [0.1, 0.15) is 0 Å². The van der Waals surface area contributed by atoms with Gasteiger partial charge in [0.05, 0.1) is 7.11 Å². The summed E-state index contributed by atoms with van der Waals surface area (Å²) >= 11 is 0. The van der Waals surface area contributed by atoms with Gasteiger partial charge in [-0.2, -0.15) is 0 Å². The van der Waals surface area contributed by atoms with Gasteiger partial charge in [0.2, 0.25) is 0 Å². The Morgan fingerprint density at radius 2 is 2.17 bits per heavy atom. The number of hydrogen-bond donors (Lipinski definition) is 1. The first-order valence-electron chi connectivity index (χ1n) is 3.06. The number of ether oxygens (including phenoxy) is 2. The number of nitrogen functional groups attached to an aromatic ring is 1. The zero-order valence-corrected chi connectivity index (χ0v) is 6.35. The summed E-state index contributed by atoms with van der Waals surface area (Å²) in [7, 11) is 1.19. The summed E-state index contributed by atoms with van der Waals surface area (Å²) in [6.45, 7) is 0. The number of rotatable bonds is 1. The van der Waals surface area contributed by atoms with Crippen LogP contribution in [0.3, 0.4) is 0 Å². The SMILES string of the molecule is COC(=O)Oc1nccnc1N. The highest BCUT2D eigenvalue weighted by Gasteiger charge is 2.07. The van der Waals surface area contributed by atoms with Crippen LogP contribution in [0, 0.1) is 0 Å². The molecule has 0 radical (unpaired) electrons. The number of carbonyl (C=O) groups is 1. The number of hydrogen-bond acceptors (Lipinski definition) is 6. The average molecular weight is 169 g/mol. The van der Waals surface area contributed by atoms with Gasteiger partial charge in [-0.25, -0.2) is 14.8 Å². The van der Waals surface area contributed by atoms with Gasteiger partial charge in [0, 0.05) is 12.4 Å². The highest BCUT2D eigenvalue weighted by Crippen LogP contribution is 2.12. The van der Waals surface area contributed by atoms with Gasteiger partial charge in [0.15, 0.2) is 5.82 Å². The van der Waals surface area contributed by atoms with Crippen LogP contribution in [0.4, 0.5) is 10.6 Å². The predicted molar refractivity (Wildman–Crippen MR) is 39.5 cm³/mol. The quantitative estimate of drug-likeness (QED) is 0.604. The lowest BCUT2D eigenvalue weighted by atomic mass is 10.6. The lowest BCUT2D eigenvalue weighted by Crippen LogP contribution is -2.10. The van der Waals surface area contributed by atoms with Gasteiger partial charge in [0.1, 0.15) is 0 Å². The van der Waals surface area contributed by atoms with Gasteiger partial charge < -0.3 is 15.2 Å². The average Bonchev–Trinajstić information content (AvgIpc) is 2.09. The van der Waals surface area contributed by atoms with E-state index in [9.17, 15) is 4.79 Å². The second-order valence-electron chi connectivity index (χ2n) is 1.80. The number of nitrogens with zero attached hydrogens (tertiary/aromatic N) is 2. The third-order valence-corrected chi connectivity index (χ3v) is 1.04.